The number of carbonyl (C=O) groups excluding carboxylic acids is 1. The number of anilines is 2. The zero-order valence-corrected chi connectivity index (χ0v) is 21.6. The van der Waals surface area contributed by atoms with Crippen LogP contribution >= 0.6 is 11.6 Å². The molecule has 4 rings (SSSR count). The molecule has 1 heterocycles. The molecule has 3 N–H and O–H groups in total. The Kier molecular flexibility index (Phi) is 7.66. The fourth-order valence-corrected chi connectivity index (χ4v) is 4.92. The van der Waals surface area contributed by atoms with Gasteiger partial charge in [-0.1, -0.05) is 13.8 Å². The van der Waals surface area contributed by atoms with Gasteiger partial charge in [0.05, 0.1) is 6.07 Å². The summed E-state index contributed by atoms with van der Waals surface area (Å²) >= 11 is 5.45. The maximum absolute atomic E-state index is 10.9. The fraction of sp³-hybridized carbons (Fsp3) is 0.379. The number of hydrogen-bond acceptors (Lipinski definition) is 4. The van der Waals surface area contributed by atoms with Crippen molar-refractivity contribution in [2.24, 2.45) is 0 Å². The van der Waals surface area contributed by atoms with Gasteiger partial charge in [-0.25, -0.2) is 4.58 Å². The highest BCUT2D eigenvalue weighted by atomic mass is 35.5. The van der Waals surface area contributed by atoms with Gasteiger partial charge < -0.3 is 15.5 Å². The lowest BCUT2D eigenvalue weighted by molar-refractivity contribution is -0.111. The molecular weight excluding hydrogens is 458 g/mol. The maximum Gasteiger partial charge on any atom is 0.221 e. The summed E-state index contributed by atoms with van der Waals surface area (Å²) in [5.41, 5.74) is 11.0. The minimum Gasteiger partial charge on any atom is -0.456 e. The van der Waals surface area contributed by atoms with E-state index >= 15 is 0 Å². The second kappa shape index (κ2) is 10.7. The molecule has 0 aromatic heterocycles. The second-order valence-electron chi connectivity index (χ2n) is 9.97. The zero-order valence-electron chi connectivity index (χ0n) is 20.9. The minimum atomic E-state index is -0.249. The highest BCUT2D eigenvalue weighted by Gasteiger charge is 2.31. The number of hydrogen-bond donors (Lipinski definition) is 2. The first-order valence-electron chi connectivity index (χ1n) is 12.4. The molecule has 2 aliphatic carbocycles. The number of nitrogens with one attached hydrogen (secondary N) is 1. The predicted octanol–water partition coefficient (Wildman–Crippen LogP) is 6.22. The van der Waals surface area contributed by atoms with Gasteiger partial charge in [-0.15, -0.1) is 0 Å². The number of nitrogen functional groups attached to an aromatic ring is 1. The molecule has 0 bridgehead atoms. The van der Waals surface area contributed by atoms with E-state index in [0.29, 0.717) is 6.42 Å². The molecular formula is C29H35ClN3O2+. The molecule has 0 spiro atoms. The largest absolute Gasteiger partial charge is 0.456 e. The molecule has 5 nitrogen and oxygen atoms in total. The van der Waals surface area contributed by atoms with Crippen LogP contribution in [0.2, 0.25) is 0 Å². The summed E-state index contributed by atoms with van der Waals surface area (Å²) < 4.78 is 8.85. The third-order valence-electron chi connectivity index (χ3n) is 6.71. The van der Waals surface area contributed by atoms with Crippen molar-refractivity contribution in [2.45, 2.75) is 58.3 Å². The van der Waals surface area contributed by atoms with Gasteiger partial charge in [-0.05, 0) is 79.6 Å². The van der Waals surface area contributed by atoms with Crippen LogP contribution in [0.3, 0.4) is 0 Å². The summed E-state index contributed by atoms with van der Waals surface area (Å²) in [4.78, 5) is 10.9. The molecule has 35 heavy (non-hydrogen) atoms. The number of nitrogens with zero attached hydrogens (tertiary/aromatic N) is 1. The zero-order chi connectivity index (χ0) is 25.0. The van der Waals surface area contributed by atoms with Gasteiger partial charge in [-0.3, -0.25) is 4.79 Å². The van der Waals surface area contributed by atoms with E-state index in [1.54, 1.807) is 0 Å². The van der Waals surface area contributed by atoms with E-state index in [2.05, 4.69) is 61.0 Å². The van der Waals surface area contributed by atoms with E-state index in [4.69, 9.17) is 21.8 Å². The molecule has 184 valence electrons. The van der Waals surface area contributed by atoms with E-state index in [9.17, 15) is 4.79 Å². The SMILES string of the molecule is CC[N+](CCCCCC(=O)Cl)=c1ccc2cc3c(oc-2c1)C=C(Nc1ccc(N)cc1)CC3(C)C. The topological polar surface area (TPSA) is 71.3 Å². The molecule has 0 saturated heterocycles. The lowest BCUT2D eigenvalue weighted by Gasteiger charge is -2.32. The summed E-state index contributed by atoms with van der Waals surface area (Å²) in [6, 6.07) is 16.5. The van der Waals surface area contributed by atoms with E-state index < -0.39 is 0 Å². The first kappa shape index (κ1) is 25.1. The Morgan fingerprint density at radius 2 is 1.89 bits per heavy atom. The molecule has 0 unspecified atom stereocenters. The van der Waals surface area contributed by atoms with E-state index in [1.807, 2.05) is 24.3 Å². The van der Waals surface area contributed by atoms with Gasteiger partial charge >= 0.3 is 0 Å². The molecule has 0 fully saturated rings. The second-order valence-corrected chi connectivity index (χ2v) is 10.4. The lowest BCUT2D eigenvalue weighted by atomic mass is 9.76. The summed E-state index contributed by atoms with van der Waals surface area (Å²) in [7, 11) is 0. The third kappa shape index (κ3) is 6.15. The molecule has 1 aliphatic heterocycles. The van der Waals surface area contributed by atoms with Gasteiger partial charge in [0.1, 0.15) is 24.6 Å². The summed E-state index contributed by atoms with van der Waals surface area (Å²) in [6.07, 6.45) is 6.32. The first-order valence-corrected chi connectivity index (χ1v) is 12.8. The molecule has 1 aromatic carbocycles. The van der Waals surface area contributed by atoms with Crippen LogP contribution in [0.25, 0.3) is 17.4 Å². The average Bonchev–Trinajstić information content (AvgIpc) is 2.81. The van der Waals surface area contributed by atoms with Crippen molar-refractivity contribution < 1.29 is 9.21 Å². The number of unbranched alkanes of at least 4 members (excludes halogenated alkanes) is 2. The van der Waals surface area contributed by atoms with Crippen LogP contribution in [-0.2, 0) is 10.2 Å². The fourth-order valence-electron chi connectivity index (χ4n) is 4.79. The van der Waals surface area contributed by atoms with Gasteiger partial charge in [-0.2, -0.15) is 0 Å². The molecule has 0 atom stereocenters. The molecule has 3 aliphatic rings. The van der Waals surface area contributed by atoms with Gasteiger partial charge in [0.25, 0.3) is 0 Å². The number of fused-ring (bicyclic) bond motifs is 2. The van der Waals surface area contributed by atoms with Crippen LogP contribution < -0.4 is 21.0 Å². The van der Waals surface area contributed by atoms with Crippen molar-refractivity contribution in [3.63, 3.8) is 0 Å². The molecule has 0 radical (unpaired) electrons. The van der Waals surface area contributed by atoms with Crippen molar-refractivity contribution in [3.8, 4) is 11.3 Å². The van der Waals surface area contributed by atoms with E-state index in [1.165, 1.54) is 5.56 Å². The summed E-state index contributed by atoms with van der Waals surface area (Å²) in [5.74, 6) is 1.78. The Hall–Kier alpha value is -3.05. The highest BCUT2D eigenvalue weighted by molar-refractivity contribution is 6.63. The van der Waals surface area contributed by atoms with Crippen LogP contribution in [-0.4, -0.2) is 18.3 Å². The van der Waals surface area contributed by atoms with Crippen molar-refractivity contribution in [1.29, 1.82) is 0 Å². The Morgan fingerprint density at radius 1 is 1.11 bits per heavy atom. The monoisotopic (exact) mass is 492 g/mol. The quantitative estimate of drug-likeness (QED) is 0.161. The van der Waals surface area contributed by atoms with Gasteiger partial charge in [0.15, 0.2) is 0 Å². The van der Waals surface area contributed by atoms with Crippen LogP contribution in [0.15, 0.2) is 58.6 Å². The minimum absolute atomic E-state index is 0.0591. The van der Waals surface area contributed by atoms with Crippen LogP contribution in [0.4, 0.5) is 11.4 Å². The number of halogens is 1. The van der Waals surface area contributed by atoms with E-state index in [-0.39, 0.29) is 10.7 Å². The molecule has 0 saturated carbocycles. The average molecular weight is 493 g/mol. The van der Waals surface area contributed by atoms with Crippen molar-refractivity contribution in [2.75, 3.05) is 24.1 Å². The smallest absolute Gasteiger partial charge is 0.221 e. The number of nitrogens with two attached hydrogens (primary N) is 1. The van der Waals surface area contributed by atoms with E-state index in [0.717, 1.165) is 78.3 Å². The Labute approximate surface area is 212 Å². The number of rotatable bonds is 9. The third-order valence-corrected chi connectivity index (χ3v) is 6.90. The normalized spacial score (nSPS) is 15.4. The standard InChI is InChI=1S/C29H34ClN3O2/c1-4-33(15-7-5-6-8-28(30)34)24-14-9-20-16-25-27(35-26(20)18-24)17-23(19-29(25,2)3)32-22-12-10-21(31)11-13-22/h9-14,16-18H,4-8,15,19,31H2,1-3H3/p+1. The highest BCUT2D eigenvalue weighted by Crippen LogP contribution is 2.41. The van der Waals surface area contributed by atoms with Crippen molar-refractivity contribution in [1.82, 2.24) is 4.58 Å². The van der Waals surface area contributed by atoms with Crippen molar-refractivity contribution in [3.05, 3.63) is 70.9 Å². The first-order chi connectivity index (χ1) is 16.7. The number of carbonyl (C=O) groups is 1. The summed E-state index contributed by atoms with van der Waals surface area (Å²) in [5, 5.41) is 4.44. The van der Waals surface area contributed by atoms with Crippen LogP contribution in [0.1, 0.15) is 64.2 Å². The number of benzene rings is 2. The lowest BCUT2D eigenvalue weighted by Crippen LogP contribution is -2.31. The summed E-state index contributed by atoms with van der Waals surface area (Å²) in [6.45, 7) is 8.53. The molecule has 0 amide bonds. The molecule has 6 heteroatoms. The van der Waals surface area contributed by atoms with Crippen molar-refractivity contribution >= 4 is 34.3 Å². The van der Waals surface area contributed by atoms with Crippen LogP contribution in [0, 0.1) is 0 Å². The van der Waals surface area contributed by atoms with Crippen LogP contribution in [0.5, 0.6) is 0 Å². The Morgan fingerprint density at radius 3 is 2.60 bits per heavy atom. The molecule has 1 aromatic rings. The maximum atomic E-state index is 10.9. The van der Waals surface area contributed by atoms with Gasteiger partial charge in [0, 0.05) is 53.2 Å². The van der Waals surface area contributed by atoms with Gasteiger partial charge in [0.2, 0.25) is 10.6 Å². The Balaban J connectivity index is 1.63. The number of allylic oxidation sites excluding steroid dienone is 1. The Bertz CT molecular complexity index is 1270. The predicted molar refractivity (Wildman–Crippen MR) is 145 cm³/mol.